The Morgan fingerprint density at radius 1 is 1.24 bits per heavy atom. The maximum Gasteiger partial charge on any atom is 0.408 e. The van der Waals surface area contributed by atoms with Crippen molar-refractivity contribution in [2.24, 2.45) is 0 Å². The van der Waals surface area contributed by atoms with Gasteiger partial charge in [-0.3, -0.25) is 0 Å². The number of nitrogens with two attached hydrogens (primary N) is 1. The minimum atomic E-state index is -0.795. The Morgan fingerprint density at radius 3 is 2.67 bits per heavy atom. The Hall–Kier alpha value is -3.00. The zero-order valence-electron chi connectivity index (χ0n) is 11.3. The highest BCUT2D eigenvalue weighted by molar-refractivity contribution is 5.68. The fourth-order valence-corrected chi connectivity index (χ4v) is 1.81. The van der Waals surface area contributed by atoms with E-state index in [-0.39, 0.29) is 6.61 Å². The van der Waals surface area contributed by atoms with Gasteiger partial charge in [0.2, 0.25) is 0 Å². The molecule has 0 radical (unpaired) electrons. The van der Waals surface area contributed by atoms with Crippen molar-refractivity contribution in [2.45, 2.75) is 12.6 Å². The van der Waals surface area contributed by atoms with E-state index < -0.39 is 12.1 Å². The summed E-state index contributed by atoms with van der Waals surface area (Å²) in [6.45, 7) is 0.155. The molecule has 0 aliphatic carbocycles. The number of carbonyl (C=O) groups excluding carboxylic acids is 1. The first-order valence-electron chi connectivity index (χ1n) is 6.41. The largest absolute Gasteiger partial charge is 0.445 e. The molecule has 0 fully saturated rings. The molecule has 1 amide bonds. The molecular formula is C16H15N3O2. The highest BCUT2D eigenvalue weighted by Gasteiger charge is 2.14. The molecule has 0 aliphatic rings. The molecule has 0 saturated carbocycles. The quantitative estimate of drug-likeness (QED) is 0.843. The normalized spacial score (nSPS) is 11.2. The number of ether oxygens (including phenoxy) is 1. The molecular weight excluding hydrogens is 266 g/mol. The molecule has 0 unspecified atom stereocenters. The van der Waals surface area contributed by atoms with Crippen molar-refractivity contribution >= 4 is 11.8 Å². The van der Waals surface area contributed by atoms with Crippen molar-refractivity contribution in [3.05, 3.63) is 65.7 Å². The second kappa shape index (κ2) is 6.96. The van der Waals surface area contributed by atoms with Crippen LogP contribution in [0.25, 0.3) is 0 Å². The fraction of sp³-hybridized carbons (Fsp3) is 0.125. The standard InChI is InChI=1S/C16H15N3O2/c17-10-15(13-7-4-8-14(18)9-13)19-16(20)21-11-12-5-2-1-3-6-12/h1-9,15H,11,18H2,(H,19,20)/t15-/m1/s1. The molecule has 5 nitrogen and oxygen atoms in total. The minimum absolute atomic E-state index is 0.155. The number of anilines is 1. The molecule has 0 bridgehead atoms. The van der Waals surface area contributed by atoms with Crippen LogP contribution in [-0.4, -0.2) is 6.09 Å². The molecule has 2 rings (SSSR count). The zero-order valence-corrected chi connectivity index (χ0v) is 11.3. The van der Waals surface area contributed by atoms with Gasteiger partial charge in [0.15, 0.2) is 0 Å². The van der Waals surface area contributed by atoms with E-state index in [9.17, 15) is 4.79 Å². The lowest BCUT2D eigenvalue weighted by Crippen LogP contribution is -2.28. The summed E-state index contributed by atoms with van der Waals surface area (Å²) in [5, 5.41) is 11.6. The van der Waals surface area contributed by atoms with Crippen LogP contribution in [0.15, 0.2) is 54.6 Å². The Labute approximate surface area is 123 Å². The molecule has 0 aliphatic heterocycles. The molecule has 106 valence electrons. The van der Waals surface area contributed by atoms with Crippen LogP contribution in [0.4, 0.5) is 10.5 Å². The second-order valence-corrected chi connectivity index (χ2v) is 4.44. The maximum absolute atomic E-state index is 11.7. The van der Waals surface area contributed by atoms with Gasteiger partial charge in [-0.1, -0.05) is 42.5 Å². The maximum atomic E-state index is 11.7. The highest BCUT2D eigenvalue weighted by Crippen LogP contribution is 2.15. The number of nitriles is 1. The number of hydrogen-bond donors (Lipinski definition) is 2. The number of hydrogen-bond acceptors (Lipinski definition) is 4. The number of nitrogens with zero attached hydrogens (tertiary/aromatic N) is 1. The van der Waals surface area contributed by atoms with Crippen molar-refractivity contribution in [2.75, 3.05) is 5.73 Å². The van der Waals surface area contributed by atoms with Crippen LogP contribution in [0.1, 0.15) is 17.2 Å². The number of carbonyl (C=O) groups is 1. The second-order valence-electron chi connectivity index (χ2n) is 4.44. The Morgan fingerprint density at radius 2 is 2.00 bits per heavy atom. The summed E-state index contributed by atoms with van der Waals surface area (Å²) in [5.41, 5.74) is 7.70. The topological polar surface area (TPSA) is 88.1 Å². The highest BCUT2D eigenvalue weighted by atomic mass is 16.5. The molecule has 2 aromatic carbocycles. The third kappa shape index (κ3) is 4.25. The minimum Gasteiger partial charge on any atom is -0.445 e. The number of alkyl carbamates (subject to hydrolysis) is 1. The van der Waals surface area contributed by atoms with E-state index in [1.165, 1.54) is 0 Å². The van der Waals surface area contributed by atoms with E-state index in [0.29, 0.717) is 11.3 Å². The van der Waals surface area contributed by atoms with Gasteiger partial charge in [0.05, 0.1) is 6.07 Å². The van der Waals surface area contributed by atoms with E-state index in [4.69, 9.17) is 15.7 Å². The van der Waals surface area contributed by atoms with Crippen molar-refractivity contribution in [1.82, 2.24) is 5.32 Å². The van der Waals surface area contributed by atoms with Crippen molar-refractivity contribution in [3.63, 3.8) is 0 Å². The Kier molecular flexibility index (Phi) is 4.78. The molecule has 1 atom stereocenters. The van der Waals surface area contributed by atoms with Gasteiger partial charge in [0, 0.05) is 5.69 Å². The smallest absolute Gasteiger partial charge is 0.408 e. The lowest BCUT2D eigenvalue weighted by molar-refractivity contribution is 0.137. The van der Waals surface area contributed by atoms with E-state index in [1.807, 2.05) is 36.4 Å². The van der Waals surface area contributed by atoms with E-state index in [2.05, 4.69) is 5.32 Å². The lowest BCUT2D eigenvalue weighted by Gasteiger charge is -2.12. The van der Waals surface area contributed by atoms with Gasteiger partial charge in [-0.2, -0.15) is 5.26 Å². The van der Waals surface area contributed by atoms with Crippen LogP contribution in [0.3, 0.4) is 0 Å². The first kappa shape index (κ1) is 14.4. The van der Waals surface area contributed by atoms with Crippen LogP contribution in [0.5, 0.6) is 0 Å². The van der Waals surface area contributed by atoms with Gasteiger partial charge in [-0.25, -0.2) is 4.79 Å². The number of nitrogens with one attached hydrogen (secondary N) is 1. The summed E-state index contributed by atoms with van der Waals surface area (Å²) in [6, 6.07) is 17.3. The molecule has 0 spiro atoms. The van der Waals surface area contributed by atoms with Gasteiger partial charge in [0.1, 0.15) is 12.6 Å². The molecule has 2 aromatic rings. The van der Waals surface area contributed by atoms with Crippen LogP contribution in [-0.2, 0) is 11.3 Å². The third-order valence-corrected chi connectivity index (χ3v) is 2.85. The van der Waals surface area contributed by atoms with Gasteiger partial charge in [0.25, 0.3) is 0 Å². The van der Waals surface area contributed by atoms with Crippen LogP contribution in [0, 0.1) is 11.3 Å². The fourth-order valence-electron chi connectivity index (χ4n) is 1.81. The van der Waals surface area contributed by atoms with E-state index >= 15 is 0 Å². The van der Waals surface area contributed by atoms with Crippen LogP contribution >= 0.6 is 0 Å². The predicted octanol–water partition coefficient (Wildman–Crippen LogP) is 2.76. The molecule has 0 saturated heterocycles. The Bertz CT molecular complexity index is 650. The van der Waals surface area contributed by atoms with Crippen molar-refractivity contribution in [1.29, 1.82) is 5.26 Å². The van der Waals surface area contributed by atoms with Gasteiger partial charge in [-0.15, -0.1) is 0 Å². The van der Waals surface area contributed by atoms with Crippen molar-refractivity contribution in [3.8, 4) is 6.07 Å². The summed E-state index contributed by atoms with van der Waals surface area (Å²) in [5.74, 6) is 0. The molecule has 0 heterocycles. The molecule has 0 aromatic heterocycles. The van der Waals surface area contributed by atoms with Gasteiger partial charge >= 0.3 is 6.09 Å². The van der Waals surface area contributed by atoms with E-state index in [0.717, 1.165) is 5.56 Å². The predicted molar refractivity (Wildman–Crippen MR) is 79.0 cm³/mol. The van der Waals surface area contributed by atoms with Crippen molar-refractivity contribution < 1.29 is 9.53 Å². The summed E-state index contributed by atoms with van der Waals surface area (Å²) in [7, 11) is 0. The monoisotopic (exact) mass is 281 g/mol. The zero-order chi connectivity index (χ0) is 15.1. The molecule has 5 heteroatoms. The summed E-state index contributed by atoms with van der Waals surface area (Å²) < 4.78 is 5.08. The van der Waals surface area contributed by atoms with Crippen LogP contribution in [0.2, 0.25) is 0 Å². The lowest BCUT2D eigenvalue weighted by atomic mass is 10.1. The Balaban J connectivity index is 1.93. The number of amides is 1. The third-order valence-electron chi connectivity index (χ3n) is 2.85. The van der Waals surface area contributed by atoms with Gasteiger partial charge in [-0.05, 0) is 23.3 Å². The van der Waals surface area contributed by atoms with Gasteiger partial charge < -0.3 is 15.8 Å². The first-order chi connectivity index (χ1) is 10.2. The first-order valence-corrected chi connectivity index (χ1v) is 6.41. The van der Waals surface area contributed by atoms with Crippen LogP contribution < -0.4 is 11.1 Å². The molecule has 21 heavy (non-hydrogen) atoms. The number of rotatable bonds is 4. The number of benzene rings is 2. The average Bonchev–Trinajstić information content (AvgIpc) is 2.51. The summed E-state index contributed by atoms with van der Waals surface area (Å²) >= 11 is 0. The summed E-state index contributed by atoms with van der Waals surface area (Å²) in [4.78, 5) is 11.7. The number of nitrogen functional groups attached to an aromatic ring is 1. The average molecular weight is 281 g/mol. The summed E-state index contributed by atoms with van der Waals surface area (Å²) in [6.07, 6.45) is -0.646. The molecule has 3 N–H and O–H groups in total. The van der Waals surface area contributed by atoms with E-state index in [1.54, 1.807) is 24.3 Å². The SMILES string of the molecule is N#C[C@@H](NC(=O)OCc1ccccc1)c1cccc(N)c1.